The van der Waals surface area contributed by atoms with Crippen molar-refractivity contribution >= 4 is 29.1 Å². The summed E-state index contributed by atoms with van der Waals surface area (Å²) in [6, 6.07) is 12.6. The molecule has 0 amide bonds. The van der Waals surface area contributed by atoms with Gasteiger partial charge in [0, 0.05) is 33.8 Å². The van der Waals surface area contributed by atoms with Crippen LogP contribution in [0.15, 0.2) is 47.4 Å². The molecule has 0 heterocycles. The van der Waals surface area contributed by atoms with Gasteiger partial charge in [-0.2, -0.15) is 0 Å². The van der Waals surface area contributed by atoms with Gasteiger partial charge in [-0.05, 0) is 29.8 Å². The molecule has 2 aromatic carbocycles. The van der Waals surface area contributed by atoms with Crippen LogP contribution in [0.4, 0.5) is 5.69 Å². The molecule has 20 heavy (non-hydrogen) atoms. The molecule has 0 radical (unpaired) electrons. The van der Waals surface area contributed by atoms with Gasteiger partial charge >= 0.3 is 0 Å². The Morgan fingerprint density at radius 1 is 1.20 bits per heavy atom. The number of benzene rings is 2. The van der Waals surface area contributed by atoms with Crippen LogP contribution in [0.3, 0.4) is 0 Å². The minimum atomic E-state index is -0.403. The van der Waals surface area contributed by atoms with Crippen molar-refractivity contribution in [2.24, 2.45) is 5.73 Å². The van der Waals surface area contributed by atoms with E-state index in [1.165, 1.54) is 6.07 Å². The second-order valence-electron chi connectivity index (χ2n) is 4.17. The van der Waals surface area contributed by atoms with Gasteiger partial charge in [0.05, 0.1) is 4.92 Å². The SMILES string of the molecule is NCc1ccc(SCc2ccc(Cl)cc2[N+](=O)[O-])cc1. The van der Waals surface area contributed by atoms with Crippen molar-refractivity contribution in [3.05, 3.63) is 68.7 Å². The summed E-state index contributed by atoms with van der Waals surface area (Å²) in [5.74, 6) is 0.523. The maximum Gasteiger partial charge on any atom is 0.274 e. The fraction of sp³-hybridized carbons (Fsp3) is 0.143. The Morgan fingerprint density at radius 2 is 1.90 bits per heavy atom. The van der Waals surface area contributed by atoms with E-state index in [0.717, 1.165) is 10.5 Å². The highest BCUT2D eigenvalue weighted by atomic mass is 35.5. The number of nitrogens with zero attached hydrogens (tertiary/aromatic N) is 1. The molecular weight excluding hydrogens is 296 g/mol. The first-order valence-electron chi connectivity index (χ1n) is 5.95. The fourth-order valence-electron chi connectivity index (χ4n) is 1.71. The molecule has 0 saturated carbocycles. The predicted molar refractivity (Wildman–Crippen MR) is 82.0 cm³/mol. The second kappa shape index (κ2) is 6.74. The lowest BCUT2D eigenvalue weighted by Crippen LogP contribution is -1.95. The van der Waals surface area contributed by atoms with Crippen LogP contribution in [-0.2, 0) is 12.3 Å². The monoisotopic (exact) mass is 308 g/mol. The zero-order valence-corrected chi connectivity index (χ0v) is 12.2. The number of nitrogens with two attached hydrogens (primary N) is 1. The molecule has 2 N–H and O–H groups in total. The average molecular weight is 309 g/mol. The molecule has 0 saturated heterocycles. The fourth-order valence-corrected chi connectivity index (χ4v) is 2.77. The largest absolute Gasteiger partial charge is 0.326 e. The van der Waals surface area contributed by atoms with Crippen LogP contribution >= 0.6 is 23.4 Å². The summed E-state index contributed by atoms with van der Waals surface area (Å²) in [5, 5.41) is 11.4. The molecule has 0 bridgehead atoms. The molecule has 2 aromatic rings. The molecule has 0 fully saturated rings. The van der Waals surface area contributed by atoms with E-state index < -0.39 is 4.92 Å². The molecule has 0 spiro atoms. The Bertz CT molecular complexity index is 617. The van der Waals surface area contributed by atoms with Gasteiger partial charge in [0.2, 0.25) is 0 Å². The van der Waals surface area contributed by atoms with Gasteiger partial charge < -0.3 is 5.73 Å². The van der Waals surface area contributed by atoms with E-state index in [2.05, 4.69) is 0 Å². The molecule has 0 unspecified atom stereocenters. The Hall–Kier alpha value is -1.56. The van der Waals surface area contributed by atoms with Crippen LogP contribution in [0.2, 0.25) is 5.02 Å². The summed E-state index contributed by atoms with van der Waals surface area (Å²) in [4.78, 5) is 11.6. The van der Waals surface area contributed by atoms with Crippen LogP contribution in [0.1, 0.15) is 11.1 Å². The quantitative estimate of drug-likeness (QED) is 0.515. The van der Waals surface area contributed by atoms with E-state index in [9.17, 15) is 10.1 Å². The highest BCUT2D eigenvalue weighted by molar-refractivity contribution is 7.98. The maximum absolute atomic E-state index is 11.0. The predicted octanol–water partition coefficient (Wildman–Crippen LogP) is 4.00. The number of hydrogen-bond donors (Lipinski definition) is 1. The van der Waals surface area contributed by atoms with E-state index in [1.54, 1.807) is 23.9 Å². The van der Waals surface area contributed by atoms with Gasteiger partial charge in [-0.3, -0.25) is 10.1 Å². The van der Waals surface area contributed by atoms with Crippen molar-refractivity contribution in [1.29, 1.82) is 0 Å². The third-order valence-electron chi connectivity index (χ3n) is 2.80. The number of thioether (sulfide) groups is 1. The number of nitro groups is 1. The summed E-state index contributed by atoms with van der Waals surface area (Å²) >= 11 is 7.33. The smallest absolute Gasteiger partial charge is 0.274 e. The third kappa shape index (κ3) is 3.72. The van der Waals surface area contributed by atoms with E-state index in [1.807, 2.05) is 24.3 Å². The third-order valence-corrected chi connectivity index (χ3v) is 4.09. The minimum absolute atomic E-state index is 0.0589. The summed E-state index contributed by atoms with van der Waals surface area (Å²) < 4.78 is 0. The molecule has 0 atom stereocenters. The zero-order valence-electron chi connectivity index (χ0n) is 10.6. The Labute approximate surface area is 126 Å². The maximum atomic E-state index is 11.0. The van der Waals surface area contributed by atoms with Gasteiger partial charge in [-0.1, -0.05) is 23.7 Å². The van der Waals surface area contributed by atoms with Crippen molar-refractivity contribution in [3.8, 4) is 0 Å². The Morgan fingerprint density at radius 3 is 2.50 bits per heavy atom. The lowest BCUT2D eigenvalue weighted by atomic mass is 10.2. The summed E-state index contributed by atoms with van der Waals surface area (Å²) in [7, 11) is 0. The molecule has 0 aliphatic carbocycles. The molecule has 104 valence electrons. The number of nitro benzene ring substituents is 1. The molecule has 0 aliphatic rings. The standard InChI is InChI=1S/C14H13ClN2O2S/c15-12-4-3-11(14(7-12)17(18)19)9-20-13-5-1-10(8-16)2-6-13/h1-7H,8-9,16H2. The normalized spacial score (nSPS) is 10.5. The van der Waals surface area contributed by atoms with E-state index in [4.69, 9.17) is 17.3 Å². The van der Waals surface area contributed by atoms with E-state index in [-0.39, 0.29) is 5.69 Å². The van der Waals surface area contributed by atoms with Crippen molar-refractivity contribution in [2.75, 3.05) is 0 Å². The molecule has 0 aliphatic heterocycles. The van der Waals surface area contributed by atoms with Crippen LogP contribution in [0.5, 0.6) is 0 Å². The van der Waals surface area contributed by atoms with Crippen molar-refractivity contribution in [1.82, 2.24) is 0 Å². The highest BCUT2D eigenvalue weighted by Gasteiger charge is 2.14. The van der Waals surface area contributed by atoms with Crippen molar-refractivity contribution < 1.29 is 4.92 Å². The van der Waals surface area contributed by atoms with E-state index in [0.29, 0.717) is 22.9 Å². The molecule has 2 rings (SSSR count). The Balaban J connectivity index is 2.12. The number of hydrogen-bond acceptors (Lipinski definition) is 4. The highest BCUT2D eigenvalue weighted by Crippen LogP contribution is 2.30. The van der Waals surface area contributed by atoms with Crippen LogP contribution < -0.4 is 5.73 Å². The van der Waals surface area contributed by atoms with Gasteiger partial charge in [0.15, 0.2) is 0 Å². The van der Waals surface area contributed by atoms with Gasteiger partial charge in [0.1, 0.15) is 0 Å². The average Bonchev–Trinajstić information content (AvgIpc) is 2.46. The molecular formula is C14H13ClN2O2S. The summed E-state index contributed by atoms with van der Waals surface area (Å²) in [6.07, 6.45) is 0. The molecule has 0 aromatic heterocycles. The second-order valence-corrected chi connectivity index (χ2v) is 5.65. The first-order valence-corrected chi connectivity index (χ1v) is 7.31. The first-order chi connectivity index (χ1) is 9.60. The van der Waals surface area contributed by atoms with Crippen LogP contribution in [0.25, 0.3) is 0 Å². The lowest BCUT2D eigenvalue weighted by Gasteiger charge is -2.05. The van der Waals surface area contributed by atoms with E-state index >= 15 is 0 Å². The number of halogens is 1. The minimum Gasteiger partial charge on any atom is -0.326 e. The zero-order chi connectivity index (χ0) is 14.5. The van der Waals surface area contributed by atoms with Crippen LogP contribution in [0, 0.1) is 10.1 Å². The number of rotatable bonds is 5. The van der Waals surface area contributed by atoms with Crippen molar-refractivity contribution in [2.45, 2.75) is 17.2 Å². The van der Waals surface area contributed by atoms with Crippen molar-refractivity contribution in [3.63, 3.8) is 0 Å². The molecule has 6 heteroatoms. The Kier molecular flexibility index (Phi) is 5.00. The van der Waals surface area contributed by atoms with Gasteiger partial charge in [-0.25, -0.2) is 0 Å². The lowest BCUT2D eigenvalue weighted by molar-refractivity contribution is -0.385. The van der Waals surface area contributed by atoms with Gasteiger partial charge in [-0.15, -0.1) is 11.8 Å². The summed E-state index contributed by atoms with van der Waals surface area (Å²) in [5.41, 5.74) is 7.32. The van der Waals surface area contributed by atoms with Crippen LogP contribution in [-0.4, -0.2) is 4.92 Å². The topological polar surface area (TPSA) is 69.2 Å². The van der Waals surface area contributed by atoms with Gasteiger partial charge in [0.25, 0.3) is 5.69 Å². The summed E-state index contributed by atoms with van der Waals surface area (Å²) in [6.45, 7) is 0.508. The molecule has 4 nitrogen and oxygen atoms in total. The first kappa shape index (κ1) is 14.8.